The second-order valence-corrected chi connectivity index (χ2v) is 18.5. The molecule has 0 aliphatic heterocycles. The maximum Gasteiger partial charge on any atom is 0.306 e. The highest BCUT2D eigenvalue weighted by atomic mass is 16.6. The fourth-order valence-electron chi connectivity index (χ4n) is 7.78. The standard InChI is InChI=1S/C52H100O6/c1-6-8-9-10-25-32-37-42-50(53)56-45-49(58-52(55)44-39-34-29-24-23-27-31-36-41-48(5)7-2)46-57-51(54)43-38-33-28-22-20-18-16-14-12-11-13-15-17-19-21-26-30-35-40-47(3)4/h47-49H,6-46H2,1-5H3/t48?,49-/m1/s1. The SMILES string of the molecule is CCCCCCCCCC(=O)OC[C@H](COC(=O)CCCCCCCCCCCCCCCCCCCCC(C)C)OC(=O)CCCCCCCCCCC(C)CC. The first-order valence-corrected chi connectivity index (χ1v) is 25.8. The highest BCUT2D eigenvalue weighted by Crippen LogP contribution is 2.18. The molecule has 0 amide bonds. The van der Waals surface area contributed by atoms with Crippen LogP contribution in [0, 0.1) is 11.8 Å². The molecule has 0 aromatic heterocycles. The van der Waals surface area contributed by atoms with E-state index in [9.17, 15) is 14.4 Å². The molecule has 0 aromatic carbocycles. The van der Waals surface area contributed by atoms with Crippen molar-refractivity contribution in [1.29, 1.82) is 0 Å². The number of unbranched alkanes of at least 4 members (excludes halogenated alkanes) is 30. The number of ether oxygens (including phenoxy) is 3. The van der Waals surface area contributed by atoms with E-state index in [4.69, 9.17) is 14.2 Å². The summed E-state index contributed by atoms with van der Waals surface area (Å²) >= 11 is 0. The van der Waals surface area contributed by atoms with Crippen molar-refractivity contribution in [2.75, 3.05) is 13.2 Å². The van der Waals surface area contributed by atoms with E-state index in [0.29, 0.717) is 19.3 Å². The molecule has 58 heavy (non-hydrogen) atoms. The van der Waals surface area contributed by atoms with Crippen LogP contribution in [0.5, 0.6) is 0 Å². The smallest absolute Gasteiger partial charge is 0.306 e. The molecular formula is C52H100O6. The van der Waals surface area contributed by atoms with Crippen molar-refractivity contribution < 1.29 is 28.6 Å². The van der Waals surface area contributed by atoms with Crippen molar-refractivity contribution in [3.63, 3.8) is 0 Å². The summed E-state index contributed by atoms with van der Waals surface area (Å²) in [7, 11) is 0. The summed E-state index contributed by atoms with van der Waals surface area (Å²) < 4.78 is 16.7. The van der Waals surface area contributed by atoms with Gasteiger partial charge in [0.25, 0.3) is 0 Å². The van der Waals surface area contributed by atoms with Crippen molar-refractivity contribution in [3.8, 4) is 0 Å². The Morgan fingerprint density at radius 1 is 0.362 bits per heavy atom. The molecule has 0 aromatic rings. The summed E-state index contributed by atoms with van der Waals surface area (Å²) in [6, 6.07) is 0. The molecule has 0 N–H and O–H groups in total. The number of carbonyl (C=O) groups excluding carboxylic acids is 3. The van der Waals surface area contributed by atoms with Crippen molar-refractivity contribution in [1.82, 2.24) is 0 Å². The van der Waals surface area contributed by atoms with E-state index < -0.39 is 6.10 Å². The monoisotopic (exact) mass is 821 g/mol. The predicted molar refractivity (Wildman–Crippen MR) is 247 cm³/mol. The van der Waals surface area contributed by atoms with Crippen molar-refractivity contribution >= 4 is 17.9 Å². The lowest BCUT2D eigenvalue weighted by Crippen LogP contribution is -2.30. The van der Waals surface area contributed by atoms with Gasteiger partial charge in [0.2, 0.25) is 0 Å². The van der Waals surface area contributed by atoms with E-state index in [1.54, 1.807) is 0 Å². The molecular weight excluding hydrogens is 721 g/mol. The Hall–Kier alpha value is -1.59. The zero-order valence-electron chi connectivity index (χ0n) is 39.7. The summed E-state index contributed by atoms with van der Waals surface area (Å²) in [6.07, 6.45) is 45.3. The van der Waals surface area contributed by atoms with Crippen LogP contribution in [0.25, 0.3) is 0 Å². The van der Waals surface area contributed by atoms with Crippen LogP contribution in [0.15, 0.2) is 0 Å². The largest absolute Gasteiger partial charge is 0.462 e. The van der Waals surface area contributed by atoms with Gasteiger partial charge in [-0.1, -0.05) is 247 Å². The Kier molecular flexibility index (Phi) is 43.7. The van der Waals surface area contributed by atoms with Crippen molar-refractivity contribution in [2.24, 2.45) is 11.8 Å². The lowest BCUT2D eigenvalue weighted by Gasteiger charge is -2.18. The van der Waals surface area contributed by atoms with Gasteiger partial charge in [-0.05, 0) is 31.1 Å². The van der Waals surface area contributed by atoms with Crippen molar-refractivity contribution in [2.45, 2.75) is 291 Å². The summed E-state index contributed by atoms with van der Waals surface area (Å²) in [4.78, 5) is 37.7. The molecule has 2 atom stereocenters. The van der Waals surface area contributed by atoms with Crippen LogP contribution in [0.3, 0.4) is 0 Å². The Balaban J connectivity index is 4.13. The van der Waals surface area contributed by atoms with E-state index in [1.807, 2.05) is 0 Å². The first kappa shape index (κ1) is 56.4. The number of hydrogen-bond donors (Lipinski definition) is 0. The molecule has 0 aliphatic carbocycles. The molecule has 0 bridgehead atoms. The minimum absolute atomic E-state index is 0.0645. The predicted octanol–water partition coefficient (Wildman–Crippen LogP) is 16.5. The Morgan fingerprint density at radius 3 is 0.983 bits per heavy atom. The quantitative estimate of drug-likeness (QED) is 0.0346. The van der Waals surface area contributed by atoms with Crippen molar-refractivity contribution in [3.05, 3.63) is 0 Å². The van der Waals surface area contributed by atoms with Crippen LogP contribution in [-0.2, 0) is 28.6 Å². The van der Waals surface area contributed by atoms with Gasteiger partial charge in [0.15, 0.2) is 6.10 Å². The second-order valence-electron chi connectivity index (χ2n) is 18.5. The maximum absolute atomic E-state index is 12.7. The first-order chi connectivity index (χ1) is 28.3. The van der Waals surface area contributed by atoms with Gasteiger partial charge >= 0.3 is 17.9 Å². The summed E-state index contributed by atoms with van der Waals surface area (Å²) in [5.41, 5.74) is 0. The lowest BCUT2D eigenvalue weighted by molar-refractivity contribution is -0.167. The maximum atomic E-state index is 12.7. The summed E-state index contributed by atoms with van der Waals surface area (Å²) in [6.45, 7) is 11.4. The van der Waals surface area contributed by atoms with Crippen LogP contribution in [0.4, 0.5) is 0 Å². The average Bonchev–Trinajstić information content (AvgIpc) is 3.21. The molecule has 0 spiro atoms. The number of carbonyl (C=O) groups is 3. The molecule has 344 valence electrons. The van der Waals surface area contributed by atoms with Gasteiger partial charge in [-0.15, -0.1) is 0 Å². The molecule has 0 saturated carbocycles. The van der Waals surface area contributed by atoms with Crippen LogP contribution in [0.1, 0.15) is 285 Å². The van der Waals surface area contributed by atoms with Crippen LogP contribution in [0.2, 0.25) is 0 Å². The number of rotatable bonds is 46. The third kappa shape index (κ3) is 44.0. The molecule has 0 saturated heterocycles. The molecule has 0 radical (unpaired) electrons. The third-order valence-electron chi connectivity index (χ3n) is 12.1. The van der Waals surface area contributed by atoms with E-state index in [1.165, 1.54) is 173 Å². The van der Waals surface area contributed by atoms with Gasteiger partial charge in [-0.3, -0.25) is 14.4 Å². The fourth-order valence-corrected chi connectivity index (χ4v) is 7.78. The van der Waals surface area contributed by atoms with Gasteiger partial charge < -0.3 is 14.2 Å². The zero-order valence-corrected chi connectivity index (χ0v) is 39.7. The number of esters is 3. The van der Waals surface area contributed by atoms with Crippen LogP contribution in [-0.4, -0.2) is 37.2 Å². The van der Waals surface area contributed by atoms with E-state index in [2.05, 4.69) is 34.6 Å². The summed E-state index contributed by atoms with van der Waals surface area (Å²) in [5.74, 6) is 0.846. The third-order valence-corrected chi connectivity index (χ3v) is 12.1. The first-order valence-electron chi connectivity index (χ1n) is 25.8. The van der Waals surface area contributed by atoms with E-state index in [-0.39, 0.29) is 31.1 Å². The molecule has 0 aliphatic rings. The Bertz CT molecular complexity index is 887. The zero-order chi connectivity index (χ0) is 42.6. The molecule has 0 rings (SSSR count). The minimum Gasteiger partial charge on any atom is -0.462 e. The van der Waals surface area contributed by atoms with Gasteiger partial charge in [0.05, 0.1) is 0 Å². The summed E-state index contributed by atoms with van der Waals surface area (Å²) in [5, 5.41) is 0. The van der Waals surface area contributed by atoms with Crippen LogP contribution >= 0.6 is 0 Å². The number of hydrogen-bond acceptors (Lipinski definition) is 6. The van der Waals surface area contributed by atoms with Gasteiger partial charge in [-0.2, -0.15) is 0 Å². The fraction of sp³-hybridized carbons (Fsp3) is 0.942. The molecule has 0 heterocycles. The molecule has 1 unspecified atom stereocenters. The second kappa shape index (κ2) is 44.9. The van der Waals surface area contributed by atoms with Gasteiger partial charge in [0.1, 0.15) is 13.2 Å². The van der Waals surface area contributed by atoms with E-state index >= 15 is 0 Å². The van der Waals surface area contributed by atoms with Crippen LogP contribution < -0.4 is 0 Å². The normalized spacial score (nSPS) is 12.5. The lowest BCUT2D eigenvalue weighted by atomic mass is 9.99. The van der Waals surface area contributed by atoms with Gasteiger partial charge in [0, 0.05) is 19.3 Å². The Morgan fingerprint density at radius 2 is 0.655 bits per heavy atom. The highest BCUT2D eigenvalue weighted by molar-refractivity contribution is 5.71. The Labute approximate surface area is 361 Å². The minimum atomic E-state index is -0.760. The van der Waals surface area contributed by atoms with E-state index in [0.717, 1.165) is 69.6 Å². The average molecular weight is 821 g/mol. The highest BCUT2D eigenvalue weighted by Gasteiger charge is 2.19. The molecule has 6 heteroatoms. The van der Waals surface area contributed by atoms with Gasteiger partial charge in [-0.25, -0.2) is 0 Å². The molecule has 6 nitrogen and oxygen atoms in total. The topological polar surface area (TPSA) is 78.9 Å². The molecule has 0 fully saturated rings.